The standard InChI is InChI=1S/C15H19NOS/c1-3-12-6-4-5-7-13(12)17-14(10-16)15-11(2)8-9-18-15/h4-9,14H,3,10,16H2,1-2H3. The minimum Gasteiger partial charge on any atom is -0.483 e. The van der Waals surface area contributed by atoms with Crippen molar-refractivity contribution >= 4 is 11.3 Å². The number of thiophene rings is 1. The normalized spacial score (nSPS) is 12.4. The fourth-order valence-electron chi connectivity index (χ4n) is 1.99. The van der Waals surface area contributed by atoms with Gasteiger partial charge in [-0.1, -0.05) is 25.1 Å². The second-order valence-corrected chi connectivity index (χ2v) is 5.22. The summed E-state index contributed by atoms with van der Waals surface area (Å²) in [6.45, 7) is 4.74. The maximum absolute atomic E-state index is 6.10. The number of nitrogens with two attached hydrogens (primary N) is 1. The van der Waals surface area contributed by atoms with E-state index in [0.717, 1.165) is 12.2 Å². The Balaban J connectivity index is 2.23. The number of benzene rings is 1. The Kier molecular flexibility index (Phi) is 4.39. The van der Waals surface area contributed by atoms with Gasteiger partial charge >= 0.3 is 0 Å². The summed E-state index contributed by atoms with van der Waals surface area (Å²) in [5, 5.41) is 2.09. The Hall–Kier alpha value is -1.32. The van der Waals surface area contributed by atoms with Gasteiger partial charge in [-0.25, -0.2) is 0 Å². The van der Waals surface area contributed by atoms with Crippen molar-refractivity contribution in [1.82, 2.24) is 0 Å². The van der Waals surface area contributed by atoms with Crippen LogP contribution in [0.5, 0.6) is 5.75 Å². The van der Waals surface area contributed by atoms with Crippen LogP contribution in [0.3, 0.4) is 0 Å². The van der Waals surface area contributed by atoms with E-state index in [1.54, 1.807) is 11.3 Å². The van der Waals surface area contributed by atoms with E-state index >= 15 is 0 Å². The van der Waals surface area contributed by atoms with Crippen molar-refractivity contribution < 1.29 is 4.74 Å². The van der Waals surface area contributed by atoms with Crippen LogP contribution in [-0.4, -0.2) is 6.54 Å². The molecular weight excluding hydrogens is 242 g/mol. The van der Waals surface area contributed by atoms with Crippen LogP contribution in [0.1, 0.15) is 29.0 Å². The molecule has 1 heterocycles. The highest BCUT2D eigenvalue weighted by Crippen LogP contribution is 2.29. The summed E-state index contributed by atoms with van der Waals surface area (Å²) < 4.78 is 6.10. The van der Waals surface area contributed by atoms with E-state index in [2.05, 4.69) is 31.4 Å². The molecule has 0 fully saturated rings. The lowest BCUT2D eigenvalue weighted by molar-refractivity contribution is 0.215. The number of hydrogen-bond acceptors (Lipinski definition) is 3. The molecule has 0 aliphatic heterocycles. The average Bonchev–Trinajstić information content (AvgIpc) is 2.82. The molecule has 1 unspecified atom stereocenters. The molecule has 2 N–H and O–H groups in total. The van der Waals surface area contributed by atoms with Gasteiger partial charge in [0.1, 0.15) is 11.9 Å². The van der Waals surface area contributed by atoms with Gasteiger partial charge < -0.3 is 10.5 Å². The van der Waals surface area contributed by atoms with E-state index in [1.165, 1.54) is 16.0 Å². The fourth-order valence-corrected chi connectivity index (χ4v) is 2.96. The van der Waals surface area contributed by atoms with Crippen molar-refractivity contribution in [1.29, 1.82) is 0 Å². The Bertz CT molecular complexity index is 507. The van der Waals surface area contributed by atoms with Crippen molar-refractivity contribution in [3.8, 4) is 5.75 Å². The van der Waals surface area contributed by atoms with E-state index in [0.29, 0.717) is 6.54 Å². The molecule has 1 aromatic carbocycles. The smallest absolute Gasteiger partial charge is 0.145 e. The highest BCUT2D eigenvalue weighted by atomic mass is 32.1. The lowest BCUT2D eigenvalue weighted by Gasteiger charge is -2.19. The maximum Gasteiger partial charge on any atom is 0.145 e. The minimum absolute atomic E-state index is 0.0438. The monoisotopic (exact) mass is 261 g/mol. The van der Waals surface area contributed by atoms with Gasteiger partial charge in [0.2, 0.25) is 0 Å². The maximum atomic E-state index is 6.10. The molecule has 1 atom stereocenters. The van der Waals surface area contributed by atoms with Gasteiger partial charge in [0, 0.05) is 11.4 Å². The van der Waals surface area contributed by atoms with Crippen LogP contribution in [0.15, 0.2) is 35.7 Å². The first-order chi connectivity index (χ1) is 8.76. The lowest BCUT2D eigenvalue weighted by Crippen LogP contribution is -2.18. The zero-order chi connectivity index (χ0) is 13.0. The molecule has 2 nitrogen and oxygen atoms in total. The lowest BCUT2D eigenvalue weighted by atomic mass is 10.1. The number of ether oxygens (including phenoxy) is 1. The van der Waals surface area contributed by atoms with E-state index in [9.17, 15) is 0 Å². The molecule has 0 radical (unpaired) electrons. The van der Waals surface area contributed by atoms with Crippen LogP contribution in [0.4, 0.5) is 0 Å². The first kappa shape index (κ1) is 13.1. The zero-order valence-electron chi connectivity index (χ0n) is 10.8. The summed E-state index contributed by atoms with van der Waals surface area (Å²) in [5.74, 6) is 0.947. The van der Waals surface area contributed by atoms with Crippen molar-refractivity contribution in [3.05, 3.63) is 51.7 Å². The fraction of sp³-hybridized carbons (Fsp3) is 0.333. The van der Waals surface area contributed by atoms with E-state index in [-0.39, 0.29) is 6.10 Å². The molecule has 1 aromatic heterocycles. The van der Waals surface area contributed by atoms with E-state index in [1.807, 2.05) is 18.2 Å². The largest absolute Gasteiger partial charge is 0.483 e. The average molecular weight is 261 g/mol. The molecule has 0 amide bonds. The molecule has 3 heteroatoms. The van der Waals surface area contributed by atoms with Crippen molar-refractivity contribution in [3.63, 3.8) is 0 Å². The first-order valence-electron chi connectivity index (χ1n) is 6.24. The predicted octanol–water partition coefficient (Wildman–Crippen LogP) is 3.70. The molecule has 2 rings (SSSR count). The van der Waals surface area contributed by atoms with E-state index in [4.69, 9.17) is 10.5 Å². The second-order valence-electron chi connectivity index (χ2n) is 4.27. The number of rotatable bonds is 5. The Morgan fingerprint density at radius 1 is 1.28 bits per heavy atom. The van der Waals surface area contributed by atoms with Crippen molar-refractivity contribution in [2.45, 2.75) is 26.4 Å². The molecule has 96 valence electrons. The van der Waals surface area contributed by atoms with Gasteiger partial charge in [0.05, 0.1) is 0 Å². The van der Waals surface area contributed by atoms with Crippen LogP contribution < -0.4 is 10.5 Å². The highest BCUT2D eigenvalue weighted by molar-refractivity contribution is 7.10. The zero-order valence-corrected chi connectivity index (χ0v) is 11.7. The third-order valence-electron chi connectivity index (χ3n) is 3.03. The molecule has 0 bridgehead atoms. The van der Waals surface area contributed by atoms with Crippen molar-refractivity contribution in [2.75, 3.05) is 6.54 Å². The Labute approximate surface area is 112 Å². The number of aryl methyl sites for hydroxylation is 2. The molecule has 0 saturated heterocycles. The molecule has 0 aliphatic rings. The predicted molar refractivity (Wildman–Crippen MR) is 77.3 cm³/mol. The highest BCUT2D eigenvalue weighted by Gasteiger charge is 2.16. The molecule has 0 aliphatic carbocycles. The summed E-state index contributed by atoms with van der Waals surface area (Å²) in [4.78, 5) is 1.23. The van der Waals surface area contributed by atoms with Crippen LogP contribution in [0.2, 0.25) is 0 Å². The summed E-state index contributed by atoms with van der Waals surface area (Å²) >= 11 is 1.71. The summed E-state index contributed by atoms with van der Waals surface area (Å²) in [7, 11) is 0. The van der Waals surface area contributed by atoms with Gasteiger partial charge in [0.25, 0.3) is 0 Å². The van der Waals surface area contributed by atoms with Gasteiger partial charge in [-0.3, -0.25) is 0 Å². The molecular formula is C15H19NOS. The van der Waals surface area contributed by atoms with Crippen LogP contribution in [0.25, 0.3) is 0 Å². The van der Waals surface area contributed by atoms with E-state index < -0.39 is 0 Å². The minimum atomic E-state index is -0.0438. The molecule has 18 heavy (non-hydrogen) atoms. The first-order valence-corrected chi connectivity index (χ1v) is 7.12. The van der Waals surface area contributed by atoms with Gasteiger partial charge in [-0.05, 0) is 42.0 Å². The quantitative estimate of drug-likeness (QED) is 0.890. The van der Waals surface area contributed by atoms with Gasteiger partial charge in [0.15, 0.2) is 0 Å². The van der Waals surface area contributed by atoms with Crippen molar-refractivity contribution in [2.24, 2.45) is 5.73 Å². The summed E-state index contributed by atoms with van der Waals surface area (Å²) in [6, 6.07) is 10.3. The number of para-hydroxylation sites is 1. The van der Waals surface area contributed by atoms with Crippen LogP contribution >= 0.6 is 11.3 Å². The molecule has 0 saturated carbocycles. The SMILES string of the molecule is CCc1ccccc1OC(CN)c1sccc1C. The summed E-state index contributed by atoms with van der Waals surface area (Å²) in [6.07, 6.45) is 0.925. The third kappa shape index (κ3) is 2.74. The summed E-state index contributed by atoms with van der Waals surface area (Å²) in [5.41, 5.74) is 8.34. The third-order valence-corrected chi connectivity index (χ3v) is 4.14. The second kappa shape index (κ2) is 6.03. The molecule has 2 aromatic rings. The van der Waals surface area contributed by atoms with Crippen LogP contribution in [-0.2, 0) is 6.42 Å². The Morgan fingerprint density at radius 2 is 2.06 bits per heavy atom. The van der Waals surface area contributed by atoms with Gasteiger partial charge in [-0.2, -0.15) is 0 Å². The molecule has 0 spiro atoms. The number of hydrogen-bond donors (Lipinski definition) is 1. The van der Waals surface area contributed by atoms with Crippen LogP contribution in [0, 0.1) is 6.92 Å². The van der Waals surface area contributed by atoms with Gasteiger partial charge in [-0.15, -0.1) is 11.3 Å². The Morgan fingerprint density at radius 3 is 2.67 bits per heavy atom. The topological polar surface area (TPSA) is 35.2 Å².